The minimum absolute atomic E-state index is 0.366. The van der Waals surface area contributed by atoms with E-state index in [4.69, 9.17) is 9.41 Å². The molecule has 120 valence electrons. The van der Waals surface area contributed by atoms with Gasteiger partial charge in [0.25, 0.3) is 0 Å². The molecule has 1 aromatic carbocycles. The summed E-state index contributed by atoms with van der Waals surface area (Å²) in [5, 5.41) is 2.13. The zero-order chi connectivity index (χ0) is 16.4. The summed E-state index contributed by atoms with van der Waals surface area (Å²) in [6, 6.07) is 10.7. The molecule has 0 amide bonds. The highest BCUT2D eigenvalue weighted by atomic mass is 32.1. The van der Waals surface area contributed by atoms with Crippen LogP contribution in [-0.2, 0) is 0 Å². The van der Waals surface area contributed by atoms with E-state index in [9.17, 15) is 0 Å². The molecule has 0 spiro atoms. The van der Waals surface area contributed by atoms with Crippen LogP contribution in [0.2, 0.25) is 0 Å². The Morgan fingerprint density at radius 1 is 1.26 bits per heavy atom. The third-order valence-electron chi connectivity index (χ3n) is 4.13. The van der Waals surface area contributed by atoms with Gasteiger partial charge >= 0.3 is 0 Å². The Balaban J connectivity index is 2.20. The van der Waals surface area contributed by atoms with Gasteiger partial charge in [-0.3, -0.25) is 0 Å². The summed E-state index contributed by atoms with van der Waals surface area (Å²) in [7, 11) is 0. The molecule has 0 radical (unpaired) electrons. The highest BCUT2D eigenvalue weighted by Crippen LogP contribution is 2.26. The predicted octanol–water partition coefficient (Wildman–Crippen LogP) is 5.63. The van der Waals surface area contributed by atoms with Crippen molar-refractivity contribution >= 4 is 17.0 Å². The second-order valence-corrected chi connectivity index (χ2v) is 6.75. The van der Waals surface area contributed by atoms with Gasteiger partial charge in [0.2, 0.25) is 0 Å². The molecule has 23 heavy (non-hydrogen) atoms. The number of hydrogen-bond donors (Lipinski definition) is 0. The molecule has 2 aromatic heterocycles. The summed E-state index contributed by atoms with van der Waals surface area (Å²) in [6.07, 6.45) is 2.76. The number of nitrogens with zero attached hydrogens (tertiary/aromatic N) is 2. The Hall–Kier alpha value is -2.07. The normalized spacial score (nSPS) is 13.5. The molecule has 3 nitrogen and oxygen atoms in total. The van der Waals surface area contributed by atoms with Gasteiger partial charge in [-0.15, -0.1) is 11.3 Å². The fourth-order valence-electron chi connectivity index (χ4n) is 2.56. The molecule has 0 aliphatic carbocycles. The van der Waals surface area contributed by atoms with Gasteiger partial charge in [0.15, 0.2) is 10.6 Å². The van der Waals surface area contributed by atoms with Crippen molar-refractivity contribution in [2.45, 2.75) is 40.2 Å². The third kappa shape index (κ3) is 3.17. The van der Waals surface area contributed by atoms with E-state index in [1.54, 1.807) is 17.6 Å². The Labute approximate surface area is 140 Å². The summed E-state index contributed by atoms with van der Waals surface area (Å²) < 4.78 is 7.89. The summed E-state index contributed by atoms with van der Waals surface area (Å²) in [5.41, 5.74) is 4.56. The van der Waals surface area contributed by atoms with Gasteiger partial charge < -0.3 is 8.98 Å². The molecule has 1 unspecified atom stereocenters. The number of hydrogen-bond acceptors (Lipinski definition) is 3. The van der Waals surface area contributed by atoms with Gasteiger partial charge in [0.1, 0.15) is 0 Å². The van der Waals surface area contributed by atoms with E-state index in [0.29, 0.717) is 6.04 Å². The maximum Gasteiger partial charge on any atom is 0.190 e. The number of furan rings is 1. The second-order valence-electron chi connectivity index (χ2n) is 5.91. The second kappa shape index (κ2) is 6.59. The van der Waals surface area contributed by atoms with E-state index in [1.807, 2.05) is 12.1 Å². The van der Waals surface area contributed by atoms with E-state index in [0.717, 1.165) is 28.4 Å². The smallest absolute Gasteiger partial charge is 0.190 e. The van der Waals surface area contributed by atoms with Crippen LogP contribution in [0.4, 0.5) is 5.69 Å². The van der Waals surface area contributed by atoms with Crippen LogP contribution >= 0.6 is 11.3 Å². The quantitative estimate of drug-likeness (QED) is 0.611. The molecule has 3 rings (SSSR count). The van der Waals surface area contributed by atoms with Gasteiger partial charge in [-0.1, -0.05) is 19.1 Å². The molecular formula is C19H22N2OS. The zero-order valence-corrected chi connectivity index (χ0v) is 14.9. The number of aryl methyl sites for hydroxylation is 2. The Kier molecular flexibility index (Phi) is 4.53. The average Bonchev–Trinajstić information content (AvgIpc) is 3.19. The number of thiazole rings is 1. The Morgan fingerprint density at radius 2 is 2.09 bits per heavy atom. The third-order valence-corrected chi connectivity index (χ3v) is 4.97. The highest BCUT2D eigenvalue weighted by Gasteiger charge is 2.14. The van der Waals surface area contributed by atoms with Gasteiger partial charge in [-0.25, -0.2) is 4.99 Å². The zero-order valence-electron chi connectivity index (χ0n) is 14.0. The van der Waals surface area contributed by atoms with Gasteiger partial charge in [-0.2, -0.15) is 0 Å². The van der Waals surface area contributed by atoms with Crippen molar-refractivity contribution in [1.82, 2.24) is 4.57 Å². The summed E-state index contributed by atoms with van der Waals surface area (Å²) in [6.45, 7) is 8.63. The van der Waals surface area contributed by atoms with E-state index in [1.165, 1.54) is 11.1 Å². The first kappa shape index (κ1) is 15.8. The topological polar surface area (TPSA) is 30.4 Å². The lowest BCUT2D eigenvalue weighted by Gasteiger charge is -2.14. The molecule has 1 atom stereocenters. The van der Waals surface area contributed by atoms with Crippen LogP contribution in [0.3, 0.4) is 0 Å². The number of rotatable bonds is 4. The first-order valence-electron chi connectivity index (χ1n) is 7.96. The lowest BCUT2D eigenvalue weighted by atomic mass is 10.1. The summed E-state index contributed by atoms with van der Waals surface area (Å²) >= 11 is 1.66. The lowest BCUT2D eigenvalue weighted by molar-refractivity contribution is 0.509. The molecule has 0 aliphatic heterocycles. The molecule has 0 saturated heterocycles. The summed E-state index contributed by atoms with van der Waals surface area (Å²) in [5.74, 6) is 0.893. The molecule has 4 heteroatoms. The highest BCUT2D eigenvalue weighted by molar-refractivity contribution is 7.07. The van der Waals surface area contributed by atoms with Crippen LogP contribution in [0, 0.1) is 13.8 Å². The standard InChI is InChI=1S/C19H22N2OS/c1-5-15(4)21-17(18-7-6-10-22-18)12-23-19(21)20-16-11-13(2)8-9-14(16)3/h6-12,15H,5H2,1-4H3. The van der Waals surface area contributed by atoms with Crippen molar-refractivity contribution in [3.63, 3.8) is 0 Å². The van der Waals surface area contributed by atoms with Gasteiger partial charge in [-0.05, 0) is 56.5 Å². The van der Waals surface area contributed by atoms with Crippen LogP contribution in [0.25, 0.3) is 11.5 Å². The summed E-state index contributed by atoms with van der Waals surface area (Å²) in [4.78, 5) is 5.95. The first-order chi connectivity index (χ1) is 11.1. The number of aromatic nitrogens is 1. The number of benzene rings is 1. The van der Waals surface area contributed by atoms with Crippen LogP contribution in [0.1, 0.15) is 37.4 Å². The Morgan fingerprint density at radius 3 is 2.78 bits per heavy atom. The molecule has 3 aromatic rings. The molecule has 0 aliphatic rings. The van der Waals surface area contributed by atoms with E-state index >= 15 is 0 Å². The minimum Gasteiger partial charge on any atom is -0.463 e. The van der Waals surface area contributed by atoms with E-state index in [2.05, 4.69) is 55.8 Å². The maximum absolute atomic E-state index is 5.61. The molecule has 0 N–H and O–H groups in total. The average molecular weight is 326 g/mol. The first-order valence-corrected chi connectivity index (χ1v) is 8.84. The Bertz CT molecular complexity index is 856. The molecule has 0 saturated carbocycles. The van der Waals surface area contributed by atoms with Gasteiger partial charge in [0.05, 0.1) is 17.6 Å². The largest absolute Gasteiger partial charge is 0.463 e. The van der Waals surface area contributed by atoms with Crippen molar-refractivity contribution in [3.05, 3.63) is 57.9 Å². The monoisotopic (exact) mass is 326 g/mol. The van der Waals surface area contributed by atoms with Crippen molar-refractivity contribution < 1.29 is 4.42 Å². The van der Waals surface area contributed by atoms with Crippen LogP contribution in [0.5, 0.6) is 0 Å². The molecule has 0 bridgehead atoms. The predicted molar refractivity (Wildman–Crippen MR) is 96.2 cm³/mol. The molecular weight excluding hydrogens is 304 g/mol. The van der Waals surface area contributed by atoms with Crippen LogP contribution < -0.4 is 4.80 Å². The maximum atomic E-state index is 5.61. The van der Waals surface area contributed by atoms with Crippen molar-refractivity contribution in [2.24, 2.45) is 4.99 Å². The SMILES string of the molecule is CCC(C)n1c(-c2ccco2)csc1=Nc1cc(C)ccc1C. The fraction of sp³-hybridized carbons (Fsp3) is 0.316. The van der Waals surface area contributed by atoms with Crippen LogP contribution in [-0.4, -0.2) is 4.57 Å². The van der Waals surface area contributed by atoms with Crippen molar-refractivity contribution in [2.75, 3.05) is 0 Å². The van der Waals surface area contributed by atoms with E-state index in [-0.39, 0.29) is 0 Å². The van der Waals surface area contributed by atoms with Crippen molar-refractivity contribution in [3.8, 4) is 11.5 Å². The van der Waals surface area contributed by atoms with E-state index < -0.39 is 0 Å². The molecule has 2 heterocycles. The lowest BCUT2D eigenvalue weighted by Crippen LogP contribution is -2.19. The molecule has 0 fully saturated rings. The van der Waals surface area contributed by atoms with Crippen molar-refractivity contribution in [1.29, 1.82) is 0 Å². The van der Waals surface area contributed by atoms with Crippen LogP contribution in [0.15, 0.2) is 51.4 Å². The van der Waals surface area contributed by atoms with Gasteiger partial charge in [0, 0.05) is 11.4 Å². The minimum atomic E-state index is 0.366. The fourth-order valence-corrected chi connectivity index (χ4v) is 3.55.